The lowest BCUT2D eigenvalue weighted by Crippen LogP contribution is -2.50. The van der Waals surface area contributed by atoms with Crippen molar-refractivity contribution in [1.29, 1.82) is 0 Å². The van der Waals surface area contributed by atoms with Gasteiger partial charge in [-0.25, -0.2) is 0 Å². The van der Waals surface area contributed by atoms with Gasteiger partial charge in [0.25, 0.3) is 0 Å². The molecule has 0 fully saturated rings. The highest BCUT2D eigenvalue weighted by Crippen LogP contribution is 2.23. The lowest BCUT2D eigenvalue weighted by Gasteiger charge is -2.31. The van der Waals surface area contributed by atoms with Crippen molar-refractivity contribution in [2.24, 2.45) is 0 Å². The van der Waals surface area contributed by atoms with Crippen molar-refractivity contribution in [2.45, 2.75) is 30.8 Å². The molecule has 0 radical (unpaired) electrons. The molecule has 0 aliphatic carbocycles. The van der Waals surface area contributed by atoms with Gasteiger partial charge in [-0.05, 0) is 47.9 Å². The number of carbonyl (C=O) groups is 2. The van der Waals surface area contributed by atoms with Crippen molar-refractivity contribution < 1.29 is 9.59 Å². The average molecular weight is 467 g/mol. The first kappa shape index (κ1) is 23.9. The van der Waals surface area contributed by atoms with Crippen LogP contribution in [0.25, 0.3) is 0 Å². The Kier molecular flexibility index (Phi) is 8.77. The molecule has 32 heavy (non-hydrogen) atoms. The van der Waals surface area contributed by atoms with E-state index in [1.807, 2.05) is 85.8 Å². The molecular weight excluding hydrogens is 440 g/mol. The number of rotatable bonds is 9. The van der Waals surface area contributed by atoms with Crippen LogP contribution in [0, 0.1) is 6.92 Å². The fourth-order valence-electron chi connectivity index (χ4n) is 3.45. The fourth-order valence-corrected chi connectivity index (χ4v) is 4.36. The number of thioether (sulfide) groups is 1. The summed E-state index contributed by atoms with van der Waals surface area (Å²) in [5, 5.41) is 3.40. The van der Waals surface area contributed by atoms with Crippen LogP contribution in [0.4, 0.5) is 0 Å². The van der Waals surface area contributed by atoms with Crippen molar-refractivity contribution in [3.8, 4) is 0 Å². The lowest BCUT2D eigenvalue weighted by atomic mass is 10.0. The molecule has 3 aromatic rings. The minimum atomic E-state index is -0.611. The Morgan fingerprint density at radius 2 is 1.62 bits per heavy atom. The van der Waals surface area contributed by atoms with Crippen LogP contribution in [-0.4, -0.2) is 35.6 Å². The maximum atomic E-state index is 13.5. The second kappa shape index (κ2) is 11.7. The van der Waals surface area contributed by atoms with Crippen molar-refractivity contribution in [3.63, 3.8) is 0 Å². The summed E-state index contributed by atoms with van der Waals surface area (Å²) in [5.74, 6) is -0.0273. The zero-order valence-electron chi connectivity index (χ0n) is 18.3. The van der Waals surface area contributed by atoms with Crippen LogP contribution < -0.4 is 5.32 Å². The Morgan fingerprint density at radius 1 is 0.969 bits per heavy atom. The van der Waals surface area contributed by atoms with Gasteiger partial charge in [-0.3, -0.25) is 9.59 Å². The van der Waals surface area contributed by atoms with Gasteiger partial charge in [-0.2, -0.15) is 0 Å². The van der Waals surface area contributed by atoms with Crippen LogP contribution in [0.5, 0.6) is 0 Å². The van der Waals surface area contributed by atoms with Crippen LogP contribution in [0.3, 0.4) is 0 Å². The summed E-state index contributed by atoms with van der Waals surface area (Å²) in [6.45, 7) is 2.39. The van der Waals surface area contributed by atoms with E-state index in [0.717, 1.165) is 21.6 Å². The smallest absolute Gasteiger partial charge is 0.242 e. The topological polar surface area (TPSA) is 49.4 Å². The van der Waals surface area contributed by atoms with Crippen LogP contribution >= 0.6 is 23.4 Å². The van der Waals surface area contributed by atoms with Crippen molar-refractivity contribution in [3.05, 3.63) is 101 Å². The van der Waals surface area contributed by atoms with Gasteiger partial charge in [0.1, 0.15) is 6.04 Å². The number of carbonyl (C=O) groups excluding carboxylic acids is 2. The highest BCUT2D eigenvalue weighted by molar-refractivity contribution is 8.00. The third-order valence-electron chi connectivity index (χ3n) is 5.30. The molecule has 0 aromatic heterocycles. The van der Waals surface area contributed by atoms with E-state index < -0.39 is 6.04 Å². The zero-order valence-corrected chi connectivity index (χ0v) is 19.8. The van der Waals surface area contributed by atoms with Crippen LogP contribution in [0.15, 0.2) is 83.8 Å². The quantitative estimate of drug-likeness (QED) is 0.445. The molecule has 0 aliphatic heterocycles. The molecule has 0 heterocycles. The Morgan fingerprint density at radius 3 is 2.28 bits per heavy atom. The molecule has 0 unspecified atom stereocenters. The summed E-state index contributed by atoms with van der Waals surface area (Å²) in [4.78, 5) is 29.0. The standard InChI is InChI=1S/C26H27ClN2O2S/c1-19-8-6-7-11-21(19)17-29(25(30)18-32-23-14-12-22(27)13-15-23)24(26(31)28-2)16-20-9-4-3-5-10-20/h3-15,24H,16-18H2,1-2H3,(H,28,31)/t24-/m1/s1. The normalized spacial score (nSPS) is 11.6. The van der Waals surface area contributed by atoms with E-state index in [4.69, 9.17) is 11.6 Å². The highest BCUT2D eigenvalue weighted by Gasteiger charge is 2.30. The molecule has 1 atom stereocenters. The summed E-state index contributed by atoms with van der Waals surface area (Å²) in [7, 11) is 1.61. The van der Waals surface area contributed by atoms with E-state index in [1.165, 1.54) is 11.8 Å². The largest absolute Gasteiger partial charge is 0.357 e. The third kappa shape index (κ3) is 6.62. The molecule has 3 aromatic carbocycles. The molecule has 0 saturated heterocycles. The number of hydrogen-bond donors (Lipinski definition) is 1. The van der Waals surface area contributed by atoms with Crippen LogP contribution in [0.2, 0.25) is 5.02 Å². The Bertz CT molecular complexity index is 1040. The predicted octanol–water partition coefficient (Wildman–Crippen LogP) is 5.13. The van der Waals surface area contributed by atoms with Crippen LogP contribution in [0.1, 0.15) is 16.7 Å². The average Bonchev–Trinajstić information content (AvgIpc) is 2.82. The summed E-state index contributed by atoms with van der Waals surface area (Å²) in [6, 6.07) is 24.5. The molecule has 6 heteroatoms. The maximum Gasteiger partial charge on any atom is 0.242 e. The summed E-state index contributed by atoms with van der Waals surface area (Å²) < 4.78 is 0. The Labute approximate surface area is 199 Å². The molecule has 2 amide bonds. The van der Waals surface area contributed by atoms with E-state index in [1.54, 1.807) is 11.9 Å². The second-order valence-corrected chi connectivity index (χ2v) is 9.00. The zero-order chi connectivity index (χ0) is 22.9. The Balaban J connectivity index is 1.87. The summed E-state index contributed by atoms with van der Waals surface area (Å²) in [5.41, 5.74) is 3.12. The first-order valence-corrected chi connectivity index (χ1v) is 11.8. The van der Waals surface area contributed by atoms with E-state index in [-0.39, 0.29) is 17.6 Å². The summed E-state index contributed by atoms with van der Waals surface area (Å²) in [6.07, 6.45) is 0.448. The third-order valence-corrected chi connectivity index (χ3v) is 6.54. The maximum absolute atomic E-state index is 13.5. The van der Waals surface area contributed by atoms with Gasteiger partial charge in [0.05, 0.1) is 5.75 Å². The molecular formula is C26H27ClN2O2S. The minimum absolute atomic E-state index is 0.0854. The number of likely N-dealkylation sites (N-methyl/N-ethyl adjacent to an activating group) is 1. The van der Waals surface area contributed by atoms with Gasteiger partial charge < -0.3 is 10.2 Å². The molecule has 0 saturated carbocycles. The second-order valence-electron chi connectivity index (χ2n) is 7.51. The van der Waals surface area contributed by atoms with Crippen molar-refractivity contribution in [1.82, 2.24) is 10.2 Å². The first-order chi connectivity index (χ1) is 15.5. The molecule has 3 rings (SSSR count). The number of nitrogens with one attached hydrogen (secondary N) is 1. The van der Waals surface area contributed by atoms with Gasteiger partial charge in [-0.15, -0.1) is 11.8 Å². The van der Waals surface area contributed by atoms with Crippen LogP contribution in [-0.2, 0) is 22.6 Å². The van der Waals surface area contributed by atoms with Gasteiger partial charge in [0.15, 0.2) is 0 Å². The monoisotopic (exact) mass is 466 g/mol. The van der Waals surface area contributed by atoms with E-state index >= 15 is 0 Å². The molecule has 0 bridgehead atoms. The molecule has 4 nitrogen and oxygen atoms in total. The van der Waals surface area contributed by atoms with Crippen molar-refractivity contribution >= 4 is 35.2 Å². The number of nitrogens with zero attached hydrogens (tertiary/aromatic N) is 1. The number of aryl methyl sites for hydroxylation is 1. The minimum Gasteiger partial charge on any atom is -0.357 e. The number of amides is 2. The molecule has 1 N–H and O–H groups in total. The number of benzene rings is 3. The SMILES string of the molecule is CNC(=O)[C@@H](Cc1ccccc1)N(Cc1ccccc1C)C(=O)CSc1ccc(Cl)cc1. The van der Waals surface area contributed by atoms with E-state index in [9.17, 15) is 9.59 Å². The Hall–Kier alpha value is -2.76. The van der Waals surface area contributed by atoms with Gasteiger partial charge in [0.2, 0.25) is 11.8 Å². The van der Waals surface area contributed by atoms with Crippen molar-refractivity contribution in [2.75, 3.05) is 12.8 Å². The lowest BCUT2D eigenvalue weighted by molar-refractivity contribution is -0.139. The van der Waals surface area contributed by atoms with Gasteiger partial charge in [0, 0.05) is 29.9 Å². The fraction of sp³-hybridized carbons (Fsp3) is 0.231. The van der Waals surface area contributed by atoms with E-state index in [2.05, 4.69) is 5.32 Å². The molecule has 166 valence electrons. The number of hydrogen-bond acceptors (Lipinski definition) is 3. The summed E-state index contributed by atoms with van der Waals surface area (Å²) >= 11 is 7.41. The van der Waals surface area contributed by atoms with Gasteiger partial charge >= 0.3 is 0 Å². The number of halogens is 1. The predicted molar refractivity (Wildman–Crippen MR) is 132 cm³/mol. The van der Waals surface area contributed by atoms with E-state index in [0.29, 0.717) is 18.0 Å². The molecule has 0 spiro atoms. The molecule has 0 aliphatic rings. The highest BCUT2D eigenvalue weighted by atomic mass is 35.5. The van der Waals surface area contributed by atoms with Gasteiger partial charge in [-0.1, -0.05) is 66.2 Å². The first-order valence-electron chi connectivity index (χ1n) is 10.5.